The molecule has 8 nitrogen and oxygen atoms in total. The topological polar surface area (TPSA) is 118 Å². The zero-order chi connectivity index (χ0) is 20.1. The number of ether oxygens (including phenoxy) is 1. The number of nitrogens with one attached hydrogen (secondary N) is 2. The van der Waals surface area contributed by atoms with Gasteiger partial charge in [-0.05, 0) is 29.8 Å². The van der Waals surface area contributed by atoms with Crippen LogP contribution in [0.5, 0.6) is 5.75 Å². The van der Waals surface area contributed by atoms with E-state index in [1.54, 1.807) is 42.5 Å². The third-order valence-corrected chi connectivity index (χ3v) is 3.80. The first-order valence-electron chi connectivity index (χ1n) is 8.09. The average molecular weight is 383 g/mol. The minimum Gasteiger partial charge on any atom is -0.489 e. The molecule has 0 aliphatic rings. The fraction of sp³-hybridized carbons (Fsp3) is 0.0526. The smallest absolute Gasteiger partial charge is 0.357 e. The highest BCUT2D eigenvalue weighted by Crippen LogP contribution is 2.18. The molecule has 0 fully saturated rings. The van der Waals surface area contributed by atoms with Crippen molar-refractivity contribution in [3.8, 4) is 5.75 Å². The third-order valence-electron chi connectivity index (χ3n) is 3.80. The highest BCUT2D eigenvalue weighted by Gasteiger charge is 2.18. The van der Waals surface area contributed by atoms with Crippen molar-refractivity contribution in [2.45, 2.75) is 6.61 Å². The number of hydrogen-bond acceptors (Lipinski definition) is 5. The molecule has 1 aromatic heterocycles. The van der Waals surface area contributed by atoms with Gasteiger partial charge in [-0.15, -0.1) is 0 Å². The van der Waals surface area contributed by atoms with Gasteiger partial charge in [-0.25, -0.2) is 9.18 Å². The second-order valence-corrected chi connectivity index (χ2v) is 5.71. The number of hydrogen-bond donors (Lipinski definition) is 2. The Hall–Kier alpha value is -4.01. The minimum absolute atomic E-state index is 0.0715. The molecule has 2 N–H and O–H groups in total. The Labute approximate surface area is 157 Å². The SMILES string of the molecule is O=c1[nH]c(/C=C\c2ccc(OCc3ccccc3F)cc2)c([N+](=O)[O-])c(=O)[nH]1. The first kappa shape index (κ1) is 18.8. The van der Waals surface area contributed by atoms with E-state index in [1.807, 2.05) is 4.98 Å². The number of nitro groups is 1. The second-order valence-electron chi connectivity index (χ2n) is 5.71. The maximum atomic E-state index is 13.6. The van der Waals surface area contributed by atoms with Crippen LogP contribution in [0.4, 0.5) is 10.1 Å². The van der Waals surface area contributed by atoms with Gasteiger partial charge in [0.25, 0.3) is 0 Å². The number of H-pyrrole nitrogens is 2. The van der Waals surface area contributed by atoms with Crippen molar-refractivity contribution >= 4 is 17.8 Å². The van der Waals surface area contributed by atoms with Crippen molar-refractivity contribution in [2.75, 3.05) is 0 Å². The molecule has 0 amide bonds. The van der Waals surface area contributed by atoms with Gasteiger partial charge in [-0.3, -0.25) is 19.9 Å². The molecular formula is C19H14FN3O5. The number of benzene rings is 2. The van der Waals surface area contributed by atoms with E-state index in [1.165, 1.54) is 18.2 Å². The molecule has 0 atom stereocenters. The summed E-state index contributed by atoms with van der Waals surface area (Å²) in [7, 11) is 0. The lowest BCUT2D eigenvalue weighted by Crippen LogP contribution is -2.25. The van der Waals surface area contributed by atoms with Crippen molar-refractivity contribution in [2.24, 2.45) is 0 Å². The fourth-order valence-electron chi connectivity index (χ4n) is 2.43. The molecule has 0 bridgehead atoms. The quantitative estimate of drug-likeness (QED) is 0.501. The van der Waals surface area contributed by atoms with Crippen molar-refractivity contribution in [3.63, 3.8) is 0 Å². The number of nitrogens with zero attached hydrogens (tertiary/aromatic N) is 1. The summed E-state index contributed by atoms with van der Waals surface area (Å²) in [5, 5.41) is 11.0. The Morgan fingerprint density at radius 3 is 2.43 bits per heavy atom. The molecule has 1 heterocycles. The molecule has 3 rings (SSSR count). The molecule has 0 unspecified atom stereocenters. The summed E-state index contributed by atoms with van der Waals surface area (Å²) in [5.74, 6) is 0.159. The van der Waals surface area contributed by atoms with E-state index in [9.17, 15) is 24.1 Å². The Bertz CT molecular complexity index is 1150. The maximum absolute atomic E-state index is 13.6. The summed E-state index contributed by atoms with van der Waals surface area (Å²) in [5.41, 5.74) is -1.80. The van der Waals surface area contributed by atoms with Crippen molar-refractivity contribution in [1.82, 2.24) is 9.97 Å². The van der Waals surface area contributed by atoms with E-state index in [2.05, 4.69) is 4.98 Å². The van der Waals surface area contributed by atoms with Gasteiger partial charge in [-0.2, -0.15) is 0 Å². The van der Waals surface area contributed by atoms with Crippen LogP contribution >= 0.6 is 0 Å². The molecule has 28 heavy (non-hydrogen) atoms. The van der Waals surface area contributed by atoms with Crippen LogP contribution in [0.1, 0.15) is 16.8 Å². The second kappa shape index (κ2) is 8.12. The van der Waals surface area contributed by atoms with E-state index < -0.39 is 21.9 Å². The van der Waals surface area contributed by atoms with Crippen LogP contribution in [-0.4, -0.2) is 14.9 Å². The van der Waals surface area contributed by atoms with Crippen LogP contribution in [0.3, 0.4) is 0 Å². The predicted octanol–water partition coefficient (Wildman–Crippen LogP) is 2.86. The van der Waals surface area contributed by atoms with Crippen molar-refractivity contribution in [3.05, 3.63) is 102 Å². The van der Waals surface area contributed by atoms with E-state index >= 15 is 0 Å². The highest BCUT2D eigenvalue weighted by molar-refractivity contribution is 5.71. The van der Waals surface area contributed by atoms with Crippen LogP contribution in [0.15, 0.2) is 58.1 Å². The van der Waals surface area contributed by atoms with Gasteiger partial charge in [0.15, 0.2) is 0 Å². The van der Waals surface area contributed by atoms with Crippen LogP contribution in [0, 0.1) is 15.9 Å². The van der Waals surface area contributed by atoms with Gasteiger partial charge in [0, 0.05) is 5.56 Å². The summed E-state index contributed by atoms with van der Waals surface area (Å²) in [6, 6.07) is 12.9. The van der Waals surface area contributed by atoms with Crippen LogP contribution < -0.4 is 16.0 Å². The average Bonchev–Trinajstić information content (AvgIpc) is 2.65. The Balaban J connectivity index is 1.74. The van der Waals surface area contributed by atoms with Gasteiger partial charge < -0.3 is 9.72 Å². The monoisotopic (exact) mass is 383 g/mol. The van der Waals surface area contributed by atoms with Crippen LogP contribution in [-0.2, 0) is 6.61 Å². The molecular weight excluding hydrogens is 369 g/mol. The van der Waals surface area contributed by atoms with Gasteiger partial charge in [-0.1, -0.05) is 36.4 Å². The van der Waals surface area contributed by atoms with E-state index in [-0.39, 0.29) is 18.1 Å². The van der Waals surface area contributed by atoms with Gasteiger partial charge in [0.1, 0.15) is 23.9 Å². The third kappa shape index (κ3) is 4.39. The van der Waals surface area contributed by atoms with Gasteiger partial charge >= 0.3 is 16.9 Å². The largest absolute Gasteiger partial charge is 0.489 e. The standard InChI is InChI=1S/C19H14FN3O5/c20-15-4-2-1-3-13(15)11-28-14-8-5-12(6-9-14)7-10-16-17(23(26)27)18(24)22-19(25)21-16/h1-10H,11H2,(H2,21,22,24,25)/b10-7-. The fourth-order valence-corrected chi connectivity index (χ4v) is 2.43. The van der Waals surface area contributed by atoms with Crippen LogP contribution in [0.25, 0.3) is 12.2 Å². The molecule has 9 heteroatoms. The Kier molecular flexibility index (Phi) is 5.45. The zero-order valence-electron chi connectivity index (χ0n) is 14.3. The number of aromatic nitrogens is 2. The maximum Gasteiger partial charge on any atom is 0.357 e. The first-order valence-corrected chi connectivity index (χ1v) is 8.09. The first-order chi connectivity index (χ1) is 13.4. The molecule has 0 aliphatic carbocycles. The zero-order valence-corrected chi connectivity index (χ0v) is 14.3. The predicted molar refractivity (Wildman–Crippen MR) is 100 cm³/mol. The van der Waals surface area contributed by atoms with E-state index in [0.717, 1.165) is 0 Å². The van der Waals surface area contributed by atoms with Gasteiger partial charge in [0.05, 0.1) is 4.92 Å². The van der Waals surface area contributed by atoms with Crippen molar-refractivity contribution in [1.29, 1.82) is 0 Å². The Morgan fingerprint density at radius 1 is 1.04 bits per heavy atom. The summed E-state index contributed by atoms with van der Waals surface area (Å²) < 4.78 is 19.1. The lowest BCUT2D eigenvalue weighted by molar-refractivity contribution is -0.386. The number of halogens is 1. The van der Waals surface area contributed by atoms with E-state index in [0.29, 0.717) is 16.9 Å². The Morgan fingerprint density at radius 2 is 1.75 bits per heavy atom. The van der Waals surface area contributed by atoms with Crippen molar-refractivity contribution < 1.29 is 14.1 Å². The molecule has 0 aliphatic heterocycles. The minimum atomic E-state index is -1.08. The van der Waals surface area contributed by atoms with Crippen LogP contribution in [0.2, 0.25) is 0 Å². The molecule has 142 valence electrons. The summed E-state index contributed by atoms with van der Waals surface area (Å²) in [6.07, 6.45) is 2.77. The molecule has 0 spiro atoms. The van der Waals surface area contributed by atoms with Gasteiger partial charge in [0.2, 0.25) is 0 Å². The summed E-state index contributed by atoms with van der Waals surface area (Å²) >= 11 is 0. The molecule has 0 saturated heterocycles. The molecule has 0 saturated carbocycles. The van der Waals surface area contributed by atoms with E-state index in [4.69, 9.17) is 4.74 Å². The summed E-state index contributed by atoms with van der Waals surface area (Å²) in [4.78, 5) is 37.1. The normalized spacial score (nSPS) is 10.9. The lowest BCUT2D eigenvalue weighted by atomic mass is 10.2. The summed E-state index contributed by atoms with van der Waals surface area (Å²) in [6.45, 7) is 0.0715. The highest BCUT2D eigenvalue weighted by atomic mass is 19.1. The number of rotatable bonds is 6. The number of aromatic amines is 2. The molecule has 2 aromatic carbocycles. The lowest BCUT2D eigenvalue weighted by Gasteiger charge is -2.07. The molecule has 3 aromatic rings. The molecule has 0 radical (unpaired) electrons.